The van der Waals surface area contributed by atoms with Gasteiger partial charge in [0.2, 0.25) is 11.6 Å². The van der Waals surface area contributed by atoms with Crippen LogP contribution in [0.2, 0.25) is 0 Å². The van der Waals surface area contributed by atoms with Gasteiger partial charge in [-0.1, -0.05) is 15.9 Å². The first-order chi connectivity index (χ1) is 9.52. The fourth-order valence-electron chi connectivity index (χ4n) is 1.51. The van der Waals surface area contributed by atoms with Gasteiger partial charge in [0.25, 0.3) is 0 Å². The molecule has 0 unspecified atom stereocenters. The zero-order valence-electron chi connectivity index (χ0n) is 10.3. The Labute approximate surface area is 122 Å². The summed E-state index contributed by atoms with van der Waals surface area (Å²) in [4.78, 5) is 18.3. The number of nitrogens with two attached hydrogens (primary N) is 1. The van der Waals surface area contributed by atoms with Gasteiger partial charge in [-0.05, 0) is 19.1 Å². The van der Waals surface area contributed by atoms with E-state index in [9.17, 15) is 10.1 Å². The second kappa shape index (κ2) is 5.80. The molecule has 0 aliphatic rings. The molecule has 1 aromatic heterocycles. The normalized spacial score (nSPS) is 10.2. The predicted octanol–water partition coefficient (Wildman–Crippen LogP) is 2.53. The Balaban J connectivity index is 2.42. The van der Waals surface area contributed by atoms with Crippen LogP contribution in [0, 0.1) is 17.0 Å². The molecule has 1 heterocycles. The number of aromatic nitrogens is 2. The number of hydrazine groups is 1. The molecule has 9 heteroatoms. The molecule has 0 atom stereocenters. The minimum absolute atomic E-state index is 0.0861. The van der Waals surface area contributed by atoms with Gasteiger partial charge in [0, 0.05) is 10.5 Å². The maximum absolute atomic E-state index is 11.0. The molecular weight excluding hydrogens is 330 g/mol. The van der Waals surface area contributed by atoms with E-state index in [-0.39, 0.29) is 17.3 Å². The van der Waals surface area contributed by atoms with Crippen molar-refractivity contribution in [3.05, 3.63) is 44.7 Å². The van der Waals surface area contributed by atoms with E-state index in [0.29, 0.717) is 15.9 Å². The molecular formula is C11H10BrN5O3. The summed E-state index contributed by atoms with van der Waals surface area (Å²) in [7, 11) is 0. The summed E-state index contributed by atoms with van der Waals surface area (Å²) < 4.78 is 6.07. The molecule has 0 saturated heterocycles. The van der Waals surface area contributed by atoms with E-state index in [0.717, 1.165) is 0 Å². The third-order valence-corrected chi connectivity index (χ3v) is 2.99. The third-order valence-electron chi connectivity index (χ3n) is 2.50. The Morgan fingerprint density at radius 3 is 2.85 bits per heavy atom. The lowest BCUT2D eigenvalue weighted by Crippen LogP contribution is -2.11. The van der Waals surface area contributed by atoms with E-state index in [4.69, 9.17) is 10.6 Å². The molecule has 20 heavy (non-hydrogen) atoms. The minimum atomic E-state index is -0.529. The molecule has 8 nitrogen and oxygen atoms in total. The van der Waals surface area contributed by atoms with Crippen LogP contribution in [-0.2, 0) is 0 Å². The van der Waals surface area contributed by atoms with Crippen molar-refractivity contribution < 1.29 is 9.66 Å². The van der Waals surface area contributed by atoms with Crippen LogP contribution >= 0.6 is 15.9 Å². The van der Waals surface area contributed by atoms with Crippen LogP contribution in [0.25, 0.3) is 0 Å². The fraction of sp³-hybridized carbons (Fsp3) is 0.0909. The van der Waals surface area contributed by atoms with Gasteiger partial charge < -0.3 is 10.2 Å². The first-order valence-electron chi connectivity index (χ1n) is 5.43. The molecule has 0 aliphatic carbocycles. The highest BCUT2D eigenvalue weighted by molar-refractivity contribution is 9.10. The van der Waals surface area contributed by atoms with Crippen LogP contribution in [-0.4, -0.2) is 14.9 Å². The van der Waals surface area contributed by atoms with Crippen molar-refractivity contribution in [1.82, 2.24) is 9.97 Å². The maximum atomic E-state index is 11.0. The van der Waals surface area contributed by atoms with Crippen LogP contribution in [0.3, 0.4) is 0 Å². The van der Waals surface area contributed by atoms with Crippen molar-refractivity contribution in [1.29, 1.82) is 0 Å². The number of benzene rings is 1. The maximum Gasteiger partial charge on any atom is 0.312 e. The summed E-state index contributed by atoms with van der Waals surface area (Å²) in [6, 6.07) is 4.48. The van der Waals surface area contributed by atoms with Gasteiger partial charge in [-0.3, -0.25) is 10.1 Å². The molecule has 0 amide bonds. The smallest absolute Gasteiger partial charge is 0.312 e. The Kier molecular flexibility index (Phi) is 4.11. The van der Waals surface area contributed by atoms with E-state index < -0.39 is 4.92 Å². The highest BCUT2D eigenvalue weighted by Gasteiger charge is 2.18. The number of nitrogens with one attached hydrogen (secondary N) is 1. The number of rotatable bonds is 4. The number of halogens is 1. The number of nitro benzene ring substituents is 1. The standard InChI is InChI=1S/C11H10BrN5O3/c1-6-10(16-13)14-5-15-11(6)20-9-3-2-7(12)4-8(9)17(18)19/h2-5H,13H2,1H3,(H,14,15,16). The van der Waals surface area contributed by atoms with Gasteiger partial charge in [0.1, 0.15) is 12.1 Å². The molecule has 0 bridgehead atoms. The monoisotopic (exact) mass is 339 g/mol. The van der Waals surface area contributed by atoms with Crippen LogP contribution in [0.5, 0.6) is 11.6 Å². The summed E-state index contributed by atoms with van der Waals surface area (Å²) >= 11 is 3.18. The van der Waals surface area contributed by atoms with Crippen LogP contribution in [0.15, 0.2) is 29.0 Å². The number of hydrogen-bond donors (Lipinski definition) is 2. The average Bonchev–Trinajstić information content (AvgIpc) is 2.42. The van der Waals surface area contributed by atoms with Gasteiger partial charge in [-0.2, -0.15) is 0 Å². The van der Waals surface area contributed by atoms with Gasteiger partial charge in [0.05, 0.1) is 10.5 Å². The topological polar surface area (TPSA) is 116 Å². The molecule has 2 rings (SSSR count). The van der Waals surface area contributed by atoms with Crippen molar-refractivity contribution in [3.8, 4) is 11.6 Å². The Morgan fingerprint density at radius 2 is 2.20 bits per heavy atom. The van der Waals surface area contributed by atoms with E-state index in [1.165, 1.54) is 18.5 Å². The zero-order chi connectivity index (χ0) is 14.7. The molecule has 3 N–H and O–H groups in total. The minimum Gasteiger partial charge on any atom is -0.431 e. The molecule has 0 saturated carbocycles. The van der Waals surface area contributed by atoms with E-state index in [1.54, 1.807) is 13.0 Å². The second-order valence-electron chi connectivity index (χ2n) is 3.77. The molecule has 0 aliphatic heterocycles. The van der Waals surface area contributed by atoms with E-state index >= 15 is 0 Å². The lowest BCUT2D eigenvalue weighted by molar-refractivity contribution is -0.385. The fourth-order valence-corrected chi connectivity index (χ4v) is 1.86. The summed E-state index contributed by atoms with van der Waals surface area (Å²) in [5.41, 5.74) is 2.78. The van der Waals surface area contributed by atoms with E-state index in [1.807, 2.05) is 0 Å². The van der Waals surface area contributed by atoms with Crippen molar-refractivity contribution in [2.75, 3.05) is 5.43 Å². The second-order valence-corrected chi connectivity index (χ2v) is 4.68. The van der Waals surface area contributed by atoms with Crippen molar-refractivity contribution in [3.63, 3.8) is 0 Å². The van der Waals surface area contributed by atoms with Crippen molar-refractivity contribution in [2.24, 2.45) is 5.84 Å². The lowest BCUT2D eigenvalue weighted by atomic mass is 10.3. The van der Waals surface area contributed by atoms with Crippen molar-refractivity contribution in [2.45, 2.75) is 6.92 Å². The van der Waals surface area contributed by atoms with Gasteiger partial charge >= 0.3 is 5.69 Å². The summed E-state index contributed by atoms with van der Waals surface area (Å²) in [5, 5.41) is 11.0. The average molecular weight is 340 g/mol. The highest BCUT2D eigenvalue weighted by Crippen LogP contribution is 2.34. The third kappa shape index (κ3) is 2.83. The molecule has 0 radical (unpaired) electrons. The molecule has 0 fully saturated rings. The number of hydrogen-bond acceptors (Lipinski definition) is 7. The largest absolute Gasteiger partial charge is 0.431 e. The van der Waals surface area contributed by atoms with Crippen molar-refractivity contribution >= 4 is 27.4 Å². The van der Waals surface area contributed by atoms with Gasteiger partial charge in [0.15, 0.2) is 0 Å². The zero-order valence-corrected chi connectivity index (χ0v) is 11.9. The SMILES string of the molecule is Cc1c(NN)ncnc1Oc1ccc(Br)cc1[N+](=O)[O-]. The highest BCUT2D eigenvalue weighted by atomic mass is 79.9. The predicted molar refractivity (Wildman–Crippen MR) is 75.4 cm³/mol. The number of anilines is 1. The summed E-state index contributed by atoms with van der Waals surface area (Å²) in [6.45, 7) is 1.69. The number of nitrogens with zero attached hydrogens (tertiary/aromatic N) is 3. The Bertz CT molecular complexity index is 665. The quantitative estimate of drug-likeness (QED) is 0.499. The number of nitro groups is 1. The molecule has 0 spiro atoms. The lowest BCUT2D eigenvalue weighted by Gasteiger charge is -2.10. The summed E-state index contributed by atoms with van der Waals surface area (Å²) in [5.74, 6) is 5.96. The first-order valence-corrected chi connectivity index (χ1v) is 6.22. The van der Waals surface area contributed by atoms with E-state index in [2.05, 4.69) is 31.3 Å². The van der Waals surface area contributed by atoms with Gasteiger partial charge in [-0.15, -0.1) is 0 Å². The Morgan fingerprint density at radius 1 is 1.45 bits per heavy atom. The molecule has 1 aromatic carbocycles. The van der Waals surface area contributed by atoms with Crippen LogP contribution in [0.4, 0.5) is 11.5 Å². The number of ether oxygens (including phenoxy) is 1. The van der Waals surface area contributed by atoms with Crippen LogP contribution < -0.4 is 16.0 Å². The van der Waals surface area contributed by atoms with Crippen LogP contribution in [0.1, 0.15) is 5.56 Å². The Hall–Kier alpha value is -2.26. The molecule has 104 valence electrons. The first kappa shape index (κ1) is 14.2. The summed E-state index contributed by atoms with van der Waals surface area (Å²) in [6.07, 6.45) is 1.25. The number of nitrogen functional groups attached to an aromatic ring is 1. The molecule has 2 aromatic rings. The van der Waals surface area contributed by atoms with Gasteiger partial charge in [-0.25, -0.2) is 15.8 Å².